The predicted octanol–water partition coefficient (Wildman–Crippen LogP) is 2.59. The highest BCUT2D eigenvalue weighted by molar-refractivity contribution is 5.85. The first kappa shape index (κ1) is 10.8. The van der Waals surface area contributed by atoms with Gasteiger partial charge in [0, 0.05) is 11.8 Å². The fourth-order valence-electron chi connectivity index (χ4n) is 1.29. The number of hydrogen-bond donors (Lipinski definition) is 2. The smallest absolute Gasteiger partial charge is 0.371 e. The van der Waals surface area contributed by atoms with Crippen LogP contribution in [-0.4, -0.2) is 11.1 Å². The fraction of sp³-hybridized carbons (Fsp3) is 0. The van der Waals surface area contributed by atoms with Crippen molar-refractivity contribution in [2.24, 2.45) is 0 Å². The number of nitrogens with zero attached hydrogens (tertiary/aromatic N) is 1. The van der Waals surface area contributed by atoms with Crippen LogP contribution < -0.4 is 5.32 Å². The van der Waals surface area contributed by atoms with Crippen molar-refractivity contribution in [3.05, 3.63) is 47.7 Å². The lowest BCUT2D eigenvalue weighted by atomic mass is 10.2. The van der Waals surface area contributed by atoms with Crippen LogP contribution in [0.3, 0.4) is 0 Å². The number of carboxylic acid groups (broad SMARTS) is 1. The summed E-state index contributed by atoms with van der Waals surface area (Å²) in [6, 6.07) is 11.6. The Hall–Kier alpha value is -2.74. The van der Waals surface area contributed by atoms with E-state index >= 15 is 0 Å². The van der Waals surface area contributed by atoms with Gasteiger partial charge in [-0.25, -0.2) is 4.79 Å². The van der Waals surface area contributed by atoms with E-state index in [1.165, 1.54) is 12.1 Å². The van der Waals surface area contributed by atoms with Crippen molar-refractivity contribution in [3.8, 4) is 6.07 Å². The molecular formula is C12H8N2O3. The normalized spacial score (nSPS) is 9.59. The topological polar surface area (TPSA) is 86.3 Å². The lowest BCUT2D eigenvalue weighted by Crippen LogP contribution is -1.92. The van der Waals surface area contributed by atoms with Crippen LogP contribution in [0, 0.1) is 11.3 Å². The van der Waals surface area contributed by atoms with Crippen LogP contribution in [0.1, 0.15) is 16.1 Å². The van der Waals surface area contributed by atoms with Gasteiger partial charge in [0.15, 0.2) is 5.88 Å². The van der Waals surface area contributed by atoms with Gasteiger partial charge in [0.1, 0.15) is 0 Å². The second-order valence-corrected chi connectivity index (χ2v) is 3.28. The highest BCUT2D eigenvalue weighted by atomic mass is 16.4. The summed E-state index contributed by atoms with van der Waals surface area (Å²) in [6.07, 6.45) is 0. The first-order valence-electron chi connectivity index (χ1n) is 4.79. The van der Waals surface area contributed by atoms with Gasteiger partial charge in [-0.05, 0) is 30.3 Å². The number of benzene rings is 1. The van der Waals surface area contributed by atoms with E-state index in [1.54, 1.807) is 24.3 Å². The predicted molar refractivity (Wildman–Crippen MR) is 60.1 cm³/mol. The summed E-state index contributed by atoms with van der Waals surface area (Å²) in [5, 5.41) is 20.2. The molecule has 2 aromatic rings. The molecule has 0 radical (unpaired) electrons. The third kappa shape index (κ3) is 2.44. The monoisotopic (exact) mass is 228 g/mol. The summed E-state index contributed by atoms with van der Waals surface area (Å²) in [6.45, 7) is 0. The summed E-state index contributed by atoms with van der Waals surface area (Å²) in [5.74, 6) is -0.897. The number of carboxylic acids is 1. The number of nitriles is 1. The van der Waals surface area contributed by atoms with E-state index in [9.17, 15) is 4.79 Å². The van der Waals surface area contributed by atoms with Gasteiger partial charge in [0.25, 0.3) is 0 Å². The second-order valence-electron chi connectivity index (χ2n) is 3.28. The molecule has 84 valence electrons. The minimum absolute atomic E-state index is 0.124. The summed E-state index contributed by atoms with van der Waals surface area (Å²) in [4.78, 5) is 10.6. The van der Waals surface area contributed by atoms with E-state index in [4.69, 9.17) is 14.8 Å². The Morgan fingerprint density at radius 3 is 2.47 bits per heavy atom. The average Bonchev–Trinajstić information content (AvgIpc) is 2.79. The van der Waals surface area contributed by atoms with Crippen LogP contribution in [0.15, 0.2) is 40.8 Å². The van der Waals surface area contributed by atoms with E-state index < -0.39 is 5.97 Å². The van der Waals surface area contributed by atoms with Crippen molar-refractivity contribution in [1.82, 2.24) is 0 Å². The average molecular weight is 228 g/mol. The van der Waals surface area contributed by atoms with Crippen LogP contribution in [-0.2, 0) is 0 Å². The number of nitrogens with one attached hydrogen (secondary N) is 1. The first-order valence-corrected chi connectivity index (χ1v) is 4.79. The van der Waals surface area contributed by atoms with Gasteiger partial charge >= 0.3 is 5.97 Å². The maximum atomic E-state index is 10.6. The van der Waals surface area contributed by atoms with Crippen LogP contribution in [0.5, 0.6) is 0 Å². The van der Waals surface area contributed by atoms with Gasteiger partial charge in [-0.2, -0.15) is 5.26 Å². The van der Waals surface area contributed by atoms with E-state index in [0.29, 0.717) is 11.4 Å². The van der Waals surface area contributed by atoms with Crippen LogP contribution in [0.25, 0.3) is 0 Å². The van der Waals surface area contributed by atoms with Crippen molar-refractivity contribution >= 4 is 17.5 Å². The number of rotatable bonds is 3. The van der Waals surface area contributed by atoms with Gasteiger partial charge in [0.2, 0.25) is 5.76 Å². The minimum atomic E-state index is -1.11. The molecule has 17 heavy (non-hydrogen) atoms. The van der Waals surface area contributed by atoms with Crippen LogP contribution in [0.4, 0.5) is 11.6 Å². The molecule has 0 aliphatic rings. The number of carbonyl (C=O) groups is 1. The first-order chi connectivity index (χ1) is 8.19. The molecule has 0 atom stereocenters. The molecule has 1 aromatic carbocycles. The standard InChI is InChI=1S/C12H8N2O3/c13-7-8-1-3-9(4-2-8)14-11-6-5-10(17-11)12(15)16/h1-6,14H,(H,15,16). The molecule has 0 aliphatic carbocycles. The molecule has 0 aliphatic heterocycles. The van der Waals surface area contributed by atoms with Crippen molar-refractivity contribution < 1.29 is 14.3 Å². The molecule has 1 aromatic heterocycles. The van der Waals surface area contributed by atoms with Gasteiger partial charge in [-0.15, -0.1) is 0 Å². The molecule has 2 N–H and O–H groups in total. The highest BCUT2D eigenvalue weighted by Gasteiger charge is 2.08. The van der Waals surface area contributed by atoms with Crippen molar-refractivity contribution in [3.63, 3.8) is 0 Å². The zero-order chi connectivity index (χ0) is 12.3. The maximum absolute atomic E-state index is 10.6. The lowest BCUT2D eigenvalue weighted by Gasteiger charge is -2.01. The van der Waals surface area contributed by atoms with E-state index in [1.807, 2.05) is 6.07 Å². The zero-order valence-electron chi connectivity index (χ0n) is 8.68. The second kappa shape index (κ2) is 4.41. The maximum Gasteiger partial charge on any atom is 0.371 e. The Morgan fingerprint density at radius 1 is 1.24 bits per heavy atom. The SMILES string of the molecule is N#Cc1ccc(Nc2ccc(C(=O)O)o2)cc1. The summed E-state index contributed by atoms with van der Waals surface area (Å²) in [5.41, 5.74) is 1.27. The molecule has 2 rings (SSSR count). The van der Waals surface area contributed by atoms with E-state index in [2.05, 4.69) is 5.32 Å². The lowest BCUT2D eigenvalue weighted by molar-refractivity contribution is 0.0663. The van der Waals surface area contributed by atoms with Crippen LogP contribution >= 0.6 is 0 Å². The molecule has 0 spiro atoms. The number of aromatic carboxylic acids is 1. The van der Waals surface area contributed by atoms with E-state index in [-0.39, 0.29) is 5.76 Å². The highest BCUT2D eigenvalue weighted by Crippen LogP contribution is 2.19. The van der Waals surface area contributed by atoms with Crippen molar-refractivity contribution in [2.45, 2.75) is 0 Å². The van der Waals surface area contributed by atoms with Gasteiger partial charge < -0.3 is 14.8 Å². The molecule has 0 saturated carbocycles. The molecule has 1 heterocycles. The number of furan rings is 1. The molecule has 0 saturated heterocycles. The summed E-state index contributed by atoms with van der Waals surface area (Å²) >= 11 is 0. The number of hydrogen-bond acceptors (Lipinski definition) is 4. The minimum Gasteiger partial charge on any atom is -0.475 e. The van der Waals surface area contributed by atoms with Crippen LogP contribution in [0.2, 0.25) is 0 Å². The fourth-order valence-corrected chi connectivity index (χ4v) is 1.29. The van der Waals surface area contributed by atoms with Gasteiger partial charge in [0.05, 0.1) is 11.6 Å². The Kier molecular flexibility index (Phi) is 2.79. The van der Waals surface area contributed by atoms with E-state index in [0.717, 1.165) is 5.69 Å². The molecule has 0 bridgehead atoms. The Balaban J connectivity index is 2.14. The largest absolute Gasteiger partial charge is 0.475 e. The number of anilines is 2. The molecular weight excluding hydrogens is 220 g/mol. The third-order valence-electron chi connectivity index (χ3n) is 2.10. The third-order valence-corrected chi connectivity index (χ3v) is 2.10. The van der Waals surface area contributed by atoms with Gasteiger partial charge in [-0.3, -0.25) is 0 Å². The molecule has 5 heteroatoms. The van der Waals surface area contributed by atoms with Gasteiger partial charge in [-0.1, -0.05) is 0 Å². The Labute approximate surface area is 96.9 Å². The van der Waals surface area contributed by atoms with Crippen molar-refractivity contribution in [2.75, 3.05) is 5.32 Å². The molecule has 0 fully saturated rings. The molecule has 0 amide bonds. The summed E-state index contributed by atoms with van der Waals surface area (Å²) < 4.78 is 5.03. The zero-order valence-corrected chi connectivity index (χ0v) is 8.68. The molecule has 5 nitrogen and oxygen atoms in total. The Morgan fingerprint density at radius 2 is 1.94 bits per heavy atom. The Bertz CT molecular complexity index is 579. The van der Waals surface area contributed by atoms with Crippen molar-refractivity contribution in [1.29, 1.82) is 5.26 Å². The quantitative estimate of drug-likeness (QED) is 0.843. The summed E-state index contributed by atoms with van der Waals surface area (Å²) in [7, 11) is 0. The molecule has 0 unspecified atom stereocenters.